The van der Waals surface area contributed by atoms with E-state index in [1.807, 2.05) is 6.08 Å². The maximum Gasteiger partial charge on any atom is 0.0132 e. The molecule has 1 heterocycles. The van der Waals surface area contributed by atoms with Crippen LogP contribution in [-0.4, -0.2) is 37.6 Å². The van der Waals surface area contributed by atoms with E-state index in [4.69, 9.17) is 0 Å². The monoisotopic (exact) mass is 258 g/mol. The molecule has 0 amide bonds. The lowest BCUT2D eigenvalue weighted by atomic mass is 9.90. The highest BCUT2D eigenvalue weighted by Gasteiger charge is 2.18. The van der Waals surface area contributed by atoms with Gasteiger partial charge in [-0.3, -0.25) is 0 Å². The van der Waals surface area contributed by atoms with Crippen LogP contribution < -0.4 is 5.32 Å². The van der Waals surface area contributed by atoms with Gasteiger partial charge in [0.1, 0.15) is 0 Å². The summed E-state index contributed by atoms with van der Waals surface area (Å²) in [7, 11) is 0. The zero-order valence-electron chi connectivity index (χ0n) is 11.9. The molecule has 1 aromatic carbocycles. The fourth-order valence-corrected chi connectivity index (χ4v) is 2.80. The first-order chi connectivity index (χ1) is 9.38. The first kappa shape index (κ1) is 14.3. The highest BCUT2D eigenvalue weighted by molar-refractivity contribution is 5.15. The van der Waals surface area contributed by atoms with Crippen LogP contribution in [0.2, 0.25) is 0 Å². The average Bonchev–Trinajstić information content (AvgIpc) is 2.46. The summed E-state index contributed by atoms with van der Waals surface area (Å²) in [6, 6.07) is 10.9. The topological polar surface area (TPSA) is 15.3 Å². The van der Waals surface area contributed by atoms with Gasteiger partial charge in [0.2, 0.25) is 0 Å². The number of nitrogens with one attached hydrogen (secondary N) is 1. The first-order valence-electron chi connectivity index (χ1n) is 7.46. The van der Waals surface area contributed by atoms with Gasteiger partial charge in [-0.15, -0.1) is 6.58 Å². The van der Waals surface area contributed by atoms with E-state index in [9.17, 15) is 0 Å². The van der Waals surface area contributed by atoms with E-state index < -0.39 is 0 Å². The average molecular weight is 258 g/mol. The predicted molar refractivity (Wildman–Crippen MR) is 82.4 cm³/mol. The zero-order chi connectivity index (χ0) is 13.3. The summed E-state index contributed by atoms with van der Waals surface area (Å²) in [5.74, 6) is 0.875. The fraction of sp³-hybridized carbons (Fsp3) is 0.529. The van der Waals surface area contributed by atoms with E-state index in [0.717, 1.165) is 19.0 Å². The summed E-state index contributed by atoms with van der Waals surface area (Å²) in [5, 5.41) is 3.37. The van der Waals surface area contributed by atoms with Crippen molar-refractivity contribution < 1.29 is 0 Å². The van der Waals surface area contributed by atoms with Gasteiger partial charge in [0.25, 0.3) is 0 Å². The molecule has 1 fully saturated rings. The van der Waals surface area contributed by atoms with E-state index in [1.165, 1.54) is 44.5 Å². The number of piperidine rings is 1. The number of rotatable bonds is 7. The molecule has 0 atom stereocenters. The molecule has 0 radical (unpaired) electrons. The van der Waals surface area contributed by atoms with Crippen LogP contribution in [0.15, 0.2) is 43.0 Å². The molecule has 1 aromatic rings. The van der Waals surface area contributed by atoms with Crippen molar-refractivity contribution >= 4 is 0 Å². The summed E-state index contributed by atoms with van der Waals surface area (Å²) in [6.07, 6.45) is 5.86. The van der Waals surface area contributed by atoms with Crippen molar-refractivity contribution in [2.45, 2.75) is 19.3 Å². The summed E-state index contributed by atoms with van der Waals surface area (Å²) < 4.78 is 0. The second kappa shape index (κ2) is 8.13. The van der Waals surface area contributed by atoms with Crippen molar-refractivity contribution in [2.24, 2.45) is 5.92 Å². The minimum atomic E-state index is 0.875. The smallest absolute Gasteiger partial charge is 0.0132 e. The number of nitrogens with zero attached hydrogens (tertiary/aromatic N) is 1. The predicted octanol–water partition coefficient (Wildman–Crippen LogP) is 2.72. The standard InChI is InChI=1S/C17H26N2/c1-2-10-18-11-14-19-12-8-17(9-13-19)15-16-6-4-3-5-7-16/h2-7,17-18H,1,8-15H2. The van der Waals surface area contributed by atoms with Gasteiger partial charge < -0.3 is 10.2 Å². The molecule has 0 aromatic heterocycles. The quantitative estimate of drug-likeness (QED) is 0.597. The van der Waals surface area contributed by atoms with Crippen molar-refractivity contribution in [3.05, 3.63) is 48.6 Å². The van der Waals surface area contributed by atoms with Gasteiger partial charge in [0.05, 0.1) is 0 Å². The van der Waals surface area contributed by atoms with Gasteiger partial charge in [-0.2, -0.15) is 0 Å². The van der Waals surface area contributed by atoms with E-state index in [2.05, 4.69) is 47.1 Å². The van der Waals surface area contributed by atoms with Crippen LogP contribution in [0.25, 0.3) is 0 Å². The molecule has 19 heavy (non-hydrogen) atoms. The lowest BCUT2D eigenvalue weighted by Crippen LogP contribution is -2.38. The summed E-state index contributed by atoms with van der Waals surface area (Å²) >= 11 is 0. The Labute approximate surface area is 117 Å². The normalized spacial score (nSPS) is 17.5. The minimum absolute atomic E-state index is 0.875. The minimum Gasteiger partial charge on any atom is -0.312 e. The molecule has 2 rings (SSSR count). The van der Waals surface area contributed by atoms with Crippen LogP contribution in [0.5, 0.6) is 0 Å². The molecule has 0 unspecified atom stereocenters. The molecule has 0 bridgehead atoms. The fourth-order valence-electron chi connectivity index (χ4n) is 2.80. The van der Waals surface area contributed by atoms with Crippen molar-refractivity contribution in [1.29, 1.82) is 0 Å². The molecule has 2 heteroatoms. The van der Waals surface area contributed by atoms with Crippen molar-refractivity contribution in [1.82, 2.24) is 10.2 Å². The lowest BCUT2D eigenvalue weighted by Gasteiger charge is -2.32. The second-order valence-electron chi connectivity index (χ2n) is 5.47. The largest absolute Gasteiger partial charge is 0.312 e. The maximum atomic E-state index is 3.72. The summed E-state index contributed by atoms with van der Waals surface area (Å²) in [4.78, 5) is 2.58. The van der Waals surface area contributed by atoms with Crippen molar-refractivity contribution in [3.63, 3.8) is 0 Å². The van der Waals surface area contributed by atoms with Crippen LogP contribution >= 0.6 is 0 Å². The lowest BCUT2D eigenvalue weighted by molar-refractivity contribution is 0.185. The van der Waals surface area contributed by atoms with Crippen molar-refractivity contribution in [2.75, 3.05) is 32.7 Å². The Morgan fingerprint density at radius 2 is 1.95 bits per heavy atom. The highest BCUT2D eigenvalue weighted by atomic mass is 15.1. The van der Waals surface area contributed by atoms with Crippen LogP contribution in [0.3, 0.4) is 0 Å². The molecule has 2 nitrogen and oxygen atoms in total. The van der Waals surface area contributed by atoms with Gasteiger partial charge >= 0.3 is 0 Å². The third-order valence-electron chi connectivity index (χ3n) is 3.97. The third-order valence-corrected chi connectivity index (χ3v) is 3.97. The second-order valence-corrected chi connectivity index (χ2v) is 5.47. The number of hydrogen-bond donors (Lipinski definition) is 1. The van der Waals surface area contributed by atoms with E-state index in [1.54, 1.807) is 0 Å². The Hall–Kier alpha value is -1.12. The van der Waals surface area contributed by atoms with Crippen molar-refractivity contribution in [3.8, 4) is 0 Å². The number of hydrogen-bond acceptors (Lipinski definition) is 2. The van der Waals surface area contributed by atoms with E-state index in [-0.39, 0.29) is 0 Å². The summed E-state index contributed by atoms with van der Waals surface area (Å²) in [5.41, 5.74) is 1.49. The van der Waals surface area contributed by atoms with Crippen LogP contribution in [0.1, 0.15) is 18.4 Å². The molecule has 1 aliphatic heterocycles. The molecule has 0 saturated carbocycles. The first-order valence-corrected chi connectivity index (χ1v) is 7.46. The van der Waals surface area contributed by atoms with Crippen LogP contribution in [-0.2, 0) is 6.42 Å². The molecule has 0 aliphatic carbocycles. The molecular weight excluding hydrogens is 232 g/mol. The Balaban J connectivity index is 1.64. The van der Waals surface area contributed by atoms with Crippen LogP contribution in [0, 0.1) is 5.92 Å². The van der Waals surface area contributed by atoms with Gasteiger partial charge in [-0.05, 0) is 43.8 Å². The molecule has 104 valence electrons. The molecule has 1 N–H and O–H groups in total. The molecule has 0 spiro atoms. The molecule has 1 saturated heterocycles. The van der Waals surface area contributed by atoms with E-state index in [0.29, 0.717) is 0 Å². The third kappa shape index (κ3) is 5.17. The Morgan fingerprint density at radius 3 is 2.63 bits per heavy atom. The van der Waals surface area contributed by atoms with Crippen LogP contribution in [0.4, 0.5) is 0 Å². The van der Waals surface area contributed by atoms with Gasteiger partial charge in [0.15, 0.2) is 0 Å². The van der Waals surface area contributed by atoms with E-state index >= 15 is 0 Å². The SMILES string of the molecule is C=CCNCCN1CCC(Cc2ccccc2)CC1. The zero-order valence-corrected chi connectivity index (χ0v) is 11.9. The molecule has 1 aliphatic rings. The Morgan fingerprint density at radius 1 is 1.21 bits per heavy atom. The van der Waals surface area contributed by atoms with Gasteiger partial charge in [-0.25, -0.2) is 0 Å². The number of benzene rings is 1. The summed E-state index contributed by atoms with van der Waals surface area (Å²) in [6.45, 7) is 9.41. The highest BCUT2D eigenvalue weighted by Crippen LogP contribution is 2.21. The Bertz CT molecular complexity index is 353. The Kier molecular flexibility index (Phi) is 6.12. The molecular formula is C17H26N2. The number of likely N-dealkylation sites (tertiary alicyclic amines) is 1. The van der Waals surface area contributed by atoms with Gasteiger partial charge in [-0.1, -0.05) is 36.4 Å². The van der Waals surface area contributed by atoms with Gasteiger partial charge in [0, 0.05) is 19.6 Å². The maximum absolute atomic E-state index is 3.72.